The number of amides is 1. The number of ether oxygens (including phenoxy) is 2. The second kappa shape index (κ2) is 7.91. The number of Topliss-reactive ketones (excluding diaryl/α,β-unsaturated/α-hetero) is 1. The van der Waals surface area contributed by atoms with Gasteiger partial charge in [-0.15, -0.1) is 0 Å². The molecule has 0 saturated heterocycles. The number of carbonyl (C=O) groups excluding carboxylic acids is 2. The maximum absolute atomic E-state index is 13.3. The van der Waals surface area contributed by atoms with Gasteiger partial charge in [-0.1, -0.05) is 23.7 Å². The van der Waals surface area contributed by atoms with Crippen molar-refractivity contribution in [2.24, 2.45) is 0 Å². The molecule has 0 bridgehead atoms. The molecule has 1 atom stereocenters. The van der Waals surface area contributed by atoms with Crippen LogP contribution < -0.4 is 14.4 Å². The molecule has 6 heteroatoms. The summed E-state index contributed by atoms with van der Waals surface area (Å²) in [6, 6.07) is 12.7. The van der Waals surface area contributed by atoms with Crippen LogP contribution in [0.3, 0.4) is 0 Å². The van der Waals surface area contributed by atoms with Crippen LogP contribution in [0.5, 0.6) is 11.5 Å². The molecular formula is C23H22ClNO4. The molecule has 2 aromatic carbocycles. The average Bonchev–Trinajstić information content (AvgIpc) is 2.73. The Hall–Kier alpha value is -2.79. The summed E-state index contributed by atoms with van der Waals surface area (Å²) in [5.41, 5.74) is 3.03. The van der Waals surface area contributed by atoms with Crippen molar-refractivity contribution >= 4 is 29.0 Å². The third kappa shape index (κ3) is 3.40. The van der Waals surface area contributed by atoms with Crippen LogP contribution in [0.15, 0.2) is 53.7 Å². The Morgan fingerprint density at radius 2 is 1.76 bits per heavy atom. The molecule has 5 nitrogen and oxygen atoms in total. The van der Waals surface area contributed by atoms with E-state index in [0.29, 0.717) is 34.9 Å². The number of nitrogens with zero attached hydrogens (tertiary/aromatic N) is 1. The van der Waals surface area contributed by atoms with E-state index in [1.165, 1.54) is 0 Å². The summed E-state index contributed by atoms with van der Waals surface area (Å²) in [5, 5.41) is 0.603. The zero-order valence-electron chi connectivity index (χ0n) is 16.4. The molecule has 4 rings (SSSR count). The lowest BCUT2D eigenvalue weighted by molar-refractivity contribution is -0.119. The largest absolute Gasteiger partial charge is 0.493 e. The Morgan fingerprint density at radius 3 is 2.45 bits per heavy atom. The third-order valence-corrected chi connectivity index (χ3v) is 5.82. The molecule has 1 heterocycles. The Bertz CT molecular complexity index is 996. The smallest absolute Gasteiger partial charge is 0.232 e. The van der Waals surface area contributed by atoms with Crippen LogP contribution in [0.25, 0.3) is 0 Å². The molecule has 0 saturated carbocycles. The normalized spacial score (nSPS) is 19.3. The number of anilines is 1. The molecule has 29 heavy (non-hydrogen) atoms. The number of hydrogen-bond acceptors (Lipinski definition) is 4. The molecule has 150 valence electrons. The summed E-state index contributed by atoms with van der Waals surface area (Å²) in [6.45, 7) is 0. The molecule has 0 radical (unpaired) electrons. The number of hydrogen-bond donors (Lipinski definition) is 0. The van der Waals surface area contributed by atoms with Crippen LogP contribution in [0, 0.1) is 0 Å². The van der Waals surface area contributed by atoms with Crippen LogP contribution >= 0.6 is 11.6 Å². The van der Waals surface area contributed by atoms with E-state index in [9.17, 15) is 9.59 Å². The molecule has 0 spiro atoms. The van der Waals surface area contributed by atoms with Gasteiger partial charge in [0.05, 0.1) is 14.2 Å². The SMILES string of the molecule is COc1cccc([C@H]2CC(=O)N(c3ccc(Cl)cc3)C3=C2C(=O)CCC3)c1OC. The van der Waals surface area contributed by atoms with Gasteiger partial charge < -0.3 is 9.47 Å². The van der Waals surface area contributed by atoms with Gasteiger partial charge in [0, 0.05) is 46.3 Å². The predicted molar refractivity (Wildman–Crippen MR) is 112 cm³/mol. The molecule has 2 aliphatic rings. The van der Waals surface area contributed by atoms with E-state index in [0.717, 1.165) is 23.4 Å². The van der Waals surface area contributed by atoms with Gasteiger partial charge >= 0.3 is 0 Å². The minimum atomic E-state index is -0.348. The number of halogens is 1. The first-order valence-electron chi connectivity index (χ1n) is 9.60. The highest BCUT2D eigenvalue weighted by Crippen LogP contribution is 2.47. The number of methoxy groups -OCH3 is 2. The molecule has 1 aliphatic heterocycles. The van der Waals surface area contributed by atoms with Crippen molar-refractivity contribution in [2.45, 2.75) is 31.6 Å². The van der Waals surface area contributed by atoms with Gasteiger partial charge in [0.15, 0.2) is 17.3 Å². The summed E-state index contributed by atoms with van der Waals surface area (Å²) < 4.78 is 11.0. The highest BCUT2D eigenvalue weighted by Gasteiger charge is 2.41. The molecule has 1 amide bonds. The third-order valence-electron chi connectivity index (χ3n) is 5.57. The number of benzene rings is 2. The first-order valence-corrected chi connectivity index (χ1v) is 9.98. The van der Waals surface area contributed by atoms with Gasteiger partial charge in [-0.2, -0.15) is 0 Å². The van der Waals surface area contributed by atoms with Crippen molar-refractivity contribution < 1.29 is 19.1 Å². The lowest BCUT2D eigenvalue weighted by Gasteiger charge is -2.38. The van der Waals surface area contributed by atoms with Crippen LogP contribution in [0.2, 0.25) is 5.02 Å². The molecule has 2 aromatic rings. The highest BCUT2D eigenvalue weighted by molar-refractivity contribution is 6.30. The fourth-order valence-corrected chi connectivity index (χ4v) is 4.46. The van der Waals surface area contributed by atoms with E-state index in [1.807, 2.05) is 30.3 Å². The van der Waals surface area contributed by atoms with E-state index in [4.69, 9.17) is 21.1 Å². The van der Waals surface area contributed by atoms with E-state index in [-0.39, 0.29) is 24.0 Å². The Kier molecular flexibility index (Phi) is 5.33. The van der Waals surface area contributed by atoms with E-state index < -0.39 is 0 Å². The lowest BCUT2D eigenvalue weighted by Crippen LogP contribution is -2.40. The summed E-state index contributed by atoms with van der Waals surface area (Å²) in [4.78, 5) is 28.0. The van der Waals surface area contributed by atoms with Crippen molar-refractivity contribution in [3.05, 3.63) is 64.3 Å². The summed E-state index contributed by atoms with van der Waals surface area (Å²) in [7, 11) is 3.15. The first kappa shape index (κ1) is 19.5. The molecule has 1 aliphatic carbocycles. The Labute approximate surface area is 174 Å². The zero-order chi connectivity index (χ0) is 20.5. The predicted octanol–water partition coefficient (Wildman–Crippen LogP) is 4.88. The van der Waals surface area contributed by atoms with Crippen molar-refractivity contribution in [1.29, 1.82) is 0 Å². The topological polar surface area (TPSA) is 55.8 Å². The van der Waals surface area contributed by atoms with Crippen molar-refractivity contribution in [1.82, 2.24) is 0 Å². The van der Waals surface area contributed by atoms with E-state index >= 15 is 0 Å². The van der Waals surface area contributed by atoms with Crippen molar-refractivity contribution in [2.75, 3.05) is 19.1 Å². The van der Waals surface area contributed by atoms with Gasteiger partial charge in [-0.3, -0.25) is 14.5 Å². The van der Waals surface area contributed by atoms with E-state index in [2.05, 4.69) is 0 Å². The molecule has 0 N–H and O–H groups in total. The van der Waals surface area contributed by atoms with Crippen LogP contribution in [-0.2, 0) is 9.59 Å². The van der Waals surface area contributed by atoms with E-state index in [1.54, 1.807) is 31.3 Å². The Morgan fingerprint density at radius 1 is 1.00 bits per heavy atom. The number of ketones is 1. The fourth-order valence-electron chi connectivity index (χ4n) is 4.33. The van der Waals surface area contributed by atoms with Gasteiger partial charge in [-0.25, -0.2) is 0 Å². The Balaban J connectivity index is 1.88. The second-order valence-corrected chi connectivity index (χ2v) is 7.62. The van der Waals surface area contributed by atoms with Crippen LogP contribution in [-0.4, -0.2) is 25.9 Å². The van der Waals surface area contributed by atoms with Crippen LogP contribution in [0.4, 0.5) is 5.69 Å². The number of para-hydroxylation sites is 1. The summed E-state index contributed by atoms with van der Waals surface area (Å²) in [5.74, 6) is 0.850. The quantitative estimate of drug-likeness (QED) is 0.719. The average molecular weight is 412 g/mol. The summed E-state index contributed by atoms with van der Waals surface area (Å²) in [6.07, 6.45) is 2.09. The number of rotatable bonds is 4. The number of allylic oxidation sites excluding steroid dienone is 2. The number of carbonyl (C=O) groups is 2. The second-order valence-electron chi connectivity index (χ2n) is 7.18. The maximum Gasteiger partial charge on any atom is 0.232 e. The van der Waals surface area contributed by atoms with Gasteiger partial charge in [-0.05, 0) is 43.2 Å². The van der Waals surface area contributed by atoms with Gasteiger partial charge in [0.25, 0.3) is 0 Å². The van der Waals surface area contributed by atoms with Crippen LogP contribution in [0.1, 0.15) is 37.2 Å². The minimum absolute atomic E-state index is 0.0457. The molecule has 0 unspecified atom stereocenters. The summed E-state index contributed by atoms with van der Waals surface area (Å²) >= 11 is 6.02. The monoisotopic (exact) mass is 411 g/mol. The molecular weight excluding hydrogens is 390 g/mol. The minimum Gasteiger partial charge on any atom is -0.493 e. The highest BCUT2D eigenvalue weighted by atomic mass is 35.5. The zero-order valence-corrected chi connectivity index (χ0v) is 17.2. The van der Waals surface area contributed by atoms with Gasteiger partial charge in [0.2, 0.25) is 5.91 Å². The van der Waals surface area contributed by atoms with Gasteiger partial charge in [0.1, 0.15) is 0 Å². The maximum atomic E-state index is 13.3. The lowest BCUT2D eigenvalue weighted by atomic mass is 9.76. The fraction of sp³-hybridized carbons (Fsp3) is 0.304. The van der Waals surface area contributed by atoms with Crippen molar-refractivity contribution in [3.8, 4) is 11.5 Å². The first-order chi connectivity index (χ1) is 14.0. The molecule has 0 fully saturated rings. The van der Waals surface area contributed by atoms with Crippen molar-refractivity contribution in [3.63, 3.8) is 0 Å². The molecule has 0 aromatic heterocycles. The standard InChI is InChI=1S/C23H22ClNO4/c1-28-20-8-3-5-16(23(20)29-2)17-13-21(27)25(15-11-9-14(24)10-12-15)18-6-4-7-19(26)22(17)18/h3,5,8-12,17H,4,6-7,13H2,1-2H3/t17-/m1/s1.